The molecule has 3 atom stereocenters. The van der Waals surface area contributed by atoms with Gasteiger partial charge in [0.05, 0.1) is 28.7 Å². The maximum absolute atomic E-state index is 12.8. The van der Waals surface area contributed by atoms with E-state index in [1.807, 2.05) is 20.8 Å². The molecule has 1 fully saturated rings. The molecule has 0 aliphatic carbocycles. The van der Waals surface area contributed by atoms with E-state index in [0.717, 1.165) is 0 Å². The van der Waals surface area contributed by atoms with E-state index >= 15 is 0 Å². The highest BCUT2D eigenvalue weighted by molar-refractivity contribution is 6.07. The number of amides is 3. The molecule has 4 N–H and O–H groups in total. The van der Waals surface area contributed by atoms with Crippen molar-refractivity contribution >= 4 is 23.4 Å². The van der Waals surface area contributed by atoms with Crippen molar-refractivity contribution in [2.75, 3.05) is 18.4 Å². The molecule has 26 heavy (non-hydrogen) atoms. The van der Waals surface area contributed by atoms with Crippen LogP contribution in [0.5, 0.6) is 0 Å². The van der Waals surface area contributed by atoms with Crippen molar-refractivity contribution in [2.45, 2.75) is 38.8 Å². The molecule has 7 nitrogen and oxygen atoms in total. The lowest BCUT2D eigenvalue weighted by atomic mass is 9.86. The Morgan fingerprint density at radius 2 is 2.04 bits per heavy atom. The first-order valence-electron chi connectivity index (χ1n) is 8.98. The van der Waals surface area contributed by atoms with Gasteiger partial charge in [0.1, 0.15) is 0 Å². The number of carbonyl (C=O) groups is 3. The second-order valence-electron chi connectivity index (χ2n) is 7.91. The highest BCUT2D eigenvalue weighted by Crippen LogP contribution is 2.32. The number of hydrogen-bond donors (Lipinski definition) is 3. The number of carbonyl (C=O) groups excluding carboxylic acids is 3. The number of hydrogen-bond acceptors (Lipinski definition) is 4. The van der Waals surface area contributed by atoms with Crippen LogP contribution in [0.25, 0.3) is 0 Å². The third kappa shape index (κ3) is 3.31. The van der Waals surface area contributed by atoms with Gasteiger partial charge in [-0.2, -0.15) is 0 Å². The summed E-state index contributed by atoms with van der Waals surface area (Å²) in [7, 11) is 0. The smallest absolute Gasteiger partial charge is 0.253 e. The molecule has 1 aromatic rings. The average molecular weight is 358 g/mol. The summed E-state index contributed by atoms with van der Waals surface area (Å²) < 4.78 is 0. The summed E-state index contributed by atoms with van der Waals surface area (Å²) in [6.45, 7) is 6.35. The number of fused-ring (bicyclic) bond motifs is 2. The molecule has 0 radical (unpaired) electrons. The number of benzene rings is 1. The van der Waals surface area contributed by atoms with Crippen molar-refractivity contribution in [1.29, 1.82) is 0 Å². The van der Waals surface area contributed by atoms with Crippen LogP contribution >= 0.6 is 0 Å². The SMILES string of the molecule is CC(C)CC(N)C(=O)N1C[C@H]2C(=O)Nc3ccccc3C(=O)N[C@@]2(C)C1. The lowest BCUT2D eigenvalue weighted by molar-refractivity contribution is -0.132. The molecule has 3 amide bonds. The van der Waals surface area contributed by atoms with E-state index in [1.165, 1.54) is 0 Å². The van der Waals surface area contributed by atoms with E-state index in [2.05, 4.69) is 10.6 Å². The number of rotatable bonds is 3. The zero-order valence-corrected chi connectivity index (χ0v) is 15.4. The Balaban J connectivity index is 1.85. The van der Waals surface area contributed by atoms with Crippen molar-refractivity contribution in [3.05, 3.63) is 29.8 Å². The number of nitrogens with one attached hydrogen (secondary N) is 2. The minimum Gasteiger partial charge on any atom is -0.344 e. The lowest BCUT2D eigenvalue weighted by Crippen LogP contribution is -2.56. The Morgan fingerprint density at radius 1 is 1.35 bits per heavy atom. The molecule has 2 aliphatic heterocycles. The van der Waals surface area contributed by atoms with Gasteiger partial charge in [-0.15, -0.1) is 0 Å². The summed E-state index contributed by atoms with van der Waals surface area (Å²) in [5.74, 6) is -0.860. The molecule has 1 saturated heterocycles. The Kier molecular flexibility index (Phi) is 4.75. The summed E-state index contributed by atoms with van der Waals surface area (Å²) in [6.07, 6.45) is 0.584. The highest BCUT2D eigenvalue weighted by Gasteiger charge is 2.50. The van der Waals surface area contributed by atoms with Gasteiger partial charge in [0.15, 0.2) is 0 Å². The van der Waals surface area contributed by atoms with Crippen molar-refractivity contribution in [3.8, 4) is 0 Å². The minimum absolute atomic E-state index is 0.175. The number of anilines is 1. The monoisotopic (exact) mass is 358 g/mol. The first-order valence-corrected chi connectivity index (χ1v) is 8.98. The van der Waals surface area contributed by atoms with Gasteiger partial charge >= 0.3 is 0 Å². The highest BCUT2D eigenvalue weighted by atomic mass is 16.2. The third-order valence-electron chi connectivity index (χ3n) is 5.19. The van der Waals surface area contributed by atoms with Crippen molar-refractivity contribution in [1.82, 2.24) is 10.2 Å². The van der Waals surface area contributed by atoms with E-state index in [1.54, 1.807) is 29.2 Å². The van der Waals surface area contributed by atoms with Crippen LogP contribution in [0.2, 0.25) is 0 Å². The van der Waals surface area contributed by atoms with Gasteiger partial charge in [0, 0.05) is 13.1 Å². The van der Waals surface area contributed by atoms with Crippen LogP contribution < -0.4 is 16.4 Å². The van der Waals surface area contributed by atoms with Gasteiger partial charge in [-0.25, -0.2) is 0 Å². The Labute approximate surface area is 153 Å². The number of nitrogens with two attached hydrogens (primary N) is 1. The number of para-hydroxylation sites is 1. The zero-order valence-electron chi connectivity index (χ0n) is 15.4. The molecule has 0 spiro atoms. The normalized spacial score (nSPS) is 26.3. The van der Waals surface area contributed by atoms with Crippen LogP contribution in [-0.2, 0) is 9.59 Å². The fourth-order valence-corrected chi connectivity index (χ4v) is 3.84. The molecule has 140 valence electrons. The topological polar surface area (TPSA) is 105 Å². The first-order chi connectivity index (χ1) is 12.2. The molecule has 3 rings (SSSR count). The standard InChI is InChI=1S/C19H26N4O3/c1-11(2)8-14(20)18(26)23-9-13-17(25)21-15-7-5-4-6-12(15)16(24)22-19(13,3)10-23/h4-7,11,13-14H,8-10,20H2,1-3H3,(H,21,25)(H,22,24)/t13-,14?,19-/m0/s1. The van der Waals surface area contributed by atoms with Gasteiger partial charge in [-0.1, -0.05) is 26.0 Å². The zero-order chi connectivity index (χ0) is 19.1. The molecular weight excluding hydrogens is 332 g/mol. The summed E-state index contributed by atoms with van der Waals surface area (Å²) in [4.78, 5) is 39.8. The van der Waals surface area contributed by atoms with Crippen LogP contribution in [0.3, 0.4) is 0 Å². The third-order valence-corrected chi connectivity index (χ3v) is 5.19. The van der Waals surface area contributed by atoms with Crippen LogP contribution in [0, 0.1) is 11.8 Å². The Morgan fingerprint density at radius 3 is 2.73 bits per heavy atom. The van der Waals surface area contributed by atoms with E-state index in [0.29, 0.717) is 23.6 Å². The minimum atomic E-state index is -0.831. The molecule has 0 bridgehead atoms. The van der Waals surface area contributed by atoms with Crippen molar-refractivity contribution in [3.63, 3.8) is 0 Å². The van der Waals surface area contributed by atoms with E-state index in [-0.39, 0.29) is 30.8 Å². The van der Waals surface area contributed by atoms with Gasteiger partial charge < -0.3 is 21.3 Å². The fourth-order valence-electron chi connectivity index (χ4n) is 3.84. The quantitative estimate of drug-likeness (QED) is 0.748. The van der Waals surface area contributed by atoms with Gasteiger partial charge in [-0.05, 0) is 31.4 Å². The van der Waals surface area contributed by atoms with Crippen LogP contribution in [0.1, 0.15) is 37.6 Å². The molecule has 0 aromatic heterocycles. The maximum Gasteiger partial charge on any atom is 0.253 e. The Bertz CT molecular complexity index is 748. The van der Waals surface area contributed by atoms with Crippen LogP contribution in [0.4, 0.5) is 5.69 Å². The second-order valence-corrected chi connectivity index (χ2v) is 7.91. The predicted octanol–water partition coefficient (Wildman–Crippen LogP) is 0.959. The molecule has 1 aromatic carbocycles. The number of nitrogens with zero attached hydrogens (tertiary/aromatic N) is 1. The Hall–Kier alpha value is -2.41. The second kappa shape index (κ2) is 6.72. The van der Waals surface area contributed by atoms with E-state index < -0.39 is 17.5 Å². The largest absolute Gasteiger partial charge is 0.344 e. The summed E-state index contributed by atoms with van der Waals surface area (Å²) in [6, 6.07) is 6.29. The van der Waals surface area contributed by atoms with Crippen LogP contribution in [-0.4, -0.2) is 47.3 Å². The molecule has 7 heteroatoms. The average Bonchev–Trinajstić information content (AvgIpc) is 2.90. The summed E-state index contributed by atoms with van der Waals surface area (Å²) >= 11 is 0. The number of likely N-dealkylation sites (tertiary alicyclic amines) is 1. The van der Waals surface area contributed by atoms with Crippen molar-refractivity contribution in [2.24, 2.45) is 17.6 Å². The molecule has 2 heterocycles. The summed E-state index contributed by atoms with van der Waals surface area (Å²) in [5.41, 5.74) is 6.12. The van der Waals surface area contributed by atoms with Crippen LogP contribution in [0.15, 0.2) is 24.3 Å². The maximum atomic E-state index is 12.8. The molecule has 1 unspecified atom stereocenters. The van der Waals surface area contributed by atoms with Crippen molar-refractivity contribution < 1.29 is 14.4 Å². The van der Waals surface area contributed by atoms with Gasteiger partial charge in [0.25, 0.3) is 5.91 Å². The molecule has 2 aliphatic rings. The molecule has 0 saturated carbocycles. The fraction of sp³-hybridized carbons (Fsp3) is 0.526. The van der Waals surface area contributed by atoms with E-state index in [9.17, 15) is 14.4 Å². The first kappa shape index (κ1) is 18.4. The predicted molar refractivity (Wildman–Crippen MR) is 98.4 cm³/mol. The van der Waals surface area contributed by atoms with E-state index in [4.69, 9.17) is 5.73 Å². The van der Waals surface area contributed by atoms with Gasteiger partial charge in [-0.3, -0.25) is 14.4 Å². The molecular formula is C19H26N4O3. The summed E-state index contributed by atoms with van der Waals surface area (Å²) in [5, 5.41) is 5.82. The lowest BCUT2D eigenvalue weighted by Gasteiger charge is -2.33. The van der Waals surface area contributed by atoms with Gasteiger partial charge in [0.2, 0.25) is 11.8 Å².